The fourth-order valence-electron chi connectivity index (χ4n) is 1.57. The Kier molecular flexibility index (Phi) is 11.2. The van der Waals surface area contributed by atoms with Gasteiger partial charge in [-0.15, -0.1) is 0 Å². The molecule has 12 heteroatoms. The lowest BCUT2D eigenvalue weighted by molar-refractivity contribution is -0.142. The van der Waals surface area contributed by atoms with Gasteiger partial charge in [-0.25, -0.2) is 4.79 Å². The van der Waals surface area contributed by atoms with Crippen molar-refractivity contribution in [3.8, 4) is 0 Å². The second kappa shape index (κ2) is 12.7. The van der Waals surface area contributed by atoms with Gasteiger partial charge in [0.05, 0.1) is 19.6 Å². The molecule has 0 bridgehead atoms. The number of carboxylic acids is 1. The van der Waals surface area contributed by atoms with Crippen LogP contribution in [0.4, 0.5) is 0 Å². The summed E-state index contributed by atoms with van der Waals surface area (Å²) >= 11 is 0. The second-order valence-corrected chi connectivity index (χ2v) is 4.67. The Morgan fingerprint density at radius 2 is 1.71 bits per heavy atom. The summed E-state index contributed by atoms with van der Waals surface area (Å²) in [5.74, 6) is -2.99. The molecule has 0 saturated heterocycles. The molecular weight excluding hydrogens is 322 g/mol. The van der Waals surface area contributed by atoms with Gasteiger partial charge in [0.15, 0.2) is 0 Å². The van der Waals surface area contributed by atoms with Crippen LogP contribution in [0, 0.1) is 0 Å². The largest absolute Gasteiger partial charge is 0.480 e. The third-order valence-corrected chi connectivity index (χ3v) is 2.78. The van der Waals surface area contributed by atoms with E-state index in [1.807, 2.05) is 0 Å². The molecule has 12 nitrogen and oxygen atoms in total. The van der Waals surface area contributed by atoms with Crippen molar-refractivity contribution in [1.29, 1.82) is 0 Å². The van der Waals surface area contributed by atoms with Gasteiger partial charge in [0.25, 0.3) is 0 Å². The monoisotopic (exact) mass is 343 g/mol. The predicted molar refractivity (Wildman–Crippen MR) is 82.5 cm³/mol. The zero-order valence-electron chi connectivity index (χ0n) is 13.0. The Bertz CT molecular complexity index is 504. The Balaban J connectivity index is 4.09. The van der Waals surface area contributed by atoms with Crippen LogP contribution >= 0.6 is 0 Å². The molecule has 0 aliphatic rings. The Morgan fingerprint density at radius 3 is 2.29 bits per heavy atom. The third-order valence-electron chi connectivity index (χ3n) is 2.78. The van der Waals surface area contributed by atoms with Crippen molar-refractivity contribution in [1.82, 2.24) is 16.0 Å². The molecule has 0 spiro atoms. The maximum absolute atomic E-state index is 11.6. The molecule has 3 amide bonds. The summed E-state index contributed by atoms with van der Waals surface area (Å²) in [6.45, 7) is -0.750. The first kappa shape index (κ1) is 21.1. The molecule has 0 unspecified atom stereocenters. The van der Waals surface area contributed by atoms with Crippen LogP contribution in [0.25, 0.3) is 10.4 Å². The van der Waals surface area contributed by atoms with Crippen molar-refractivity contribution < 1.29 is 24.3 Å². The van der Waals surface area contributed by atoms with E-state index in [1.165, 1.54) is 0 Å². The minimum atomic E-state index is -1.20. The van der Waals surface area contributed by atoms with Gasteiger partial charge in [-0.3, -0.25) is 14.4 Å². The number of carbonyl (C=O) groups excluding carboxylic acids is 3. The number of amides is 3. The fraction of sp³-hybridized carbons (Fsp3) is 0.667. The van der Waals surface area contributed by atoms with Crippen LogP contribution in [0.15, 0.2) is 5.11 Å². The molecule has 0 aliphatic carbocycles. The molecule has 0 saturated carbocycles. The van der Waals surface area contributed by atoms with Crippen molar-refractivity contribution in [3.05, 3.63) is 10.4 Å². The van der Waals surface area contributed by atoms with E-state index in [1.54, 1.807) is 0 Å². The predicted octanol–water partition coefficient (Wildman–Crippen LogP) is -1.77. The highest BCUT2D eigenvalue weighted by Gasteiger charge is 2.19. The first-order valence-electron chi connectivity index (χ1n) is 7.17. The molecular formula is C12H21N7O5. The van der Waals surface area contributed by atoms with Gasteiger partial charge >= 0.3 is 5.97 Å². The van der Waals surface area contributed by atoms with E-state index in [-0.39, 0.29) is 26.1 Å². The molecule has 0 fully saturated rings. The minimum Gasteiger partial charge on any atom is -0.480 e. The van der Waals surface area contributed by atoms with Crippen LogP contribution in [0.3, 0.4) is 0 Å². The summed E-state index contributed by atoms with van der Waals surface area (Å²) in [6.07, 6.45) is 1.12. The first-order chi connectivity index (χ1) is 11.4. The van der Waals surface area contributed by atoms with E-state index in [2.05, 4.69) is 26.0 Å². The summed E-state index contributed by atoms with van der Waals surface area (Å²) in [4.78, 5) is 47.5. The van der Waals surface area contributed by atoms with Gasteiger partial charge in [0.2, 0.25) is 17.7 Å². The Hall–Kier alpha value is -2.85. The number of nitrogens with zero attached hydrogens (tertiary/aromatic N) is 3. The number of carbonyl (C=O) groups is 4. The van der Waals surface area contributed by atoms with E-state index in [4.69, 9.17) is 16.4 Å². The highest BCUT2D eigenvalue weighted by atomic mass is 16.4. The lowest BCUT2D eigenvalue weighted by atomic mass is 10.1. The van der Waals surface area contributed by atoms with E-state index < -0.39 is 36.3 Å². The molecule has 0 aromatic rings. The molecule has 134 valence electrons. The average Bonchev–Trinajstić information content (AvgIpc) is 2.56. The molecule has 0 aliphatic heterocycles. The lowest BCUT2D eigenvalue weighted by Gasteiger charge is -2.14. The number of aliphatic carboxylic acids is 1. The van der Waals surface area contributed by atoms with Crippen molar-refractivity contribution in [2.24, 2.45) is 10.8 Å². The van der Waals surface area contributed by atoms with E-state index in [9.17, 15) is 19.2 Å². The summed E-state index contributed by atoms with van der Waals surface area (Å²) in [7, 11) is 0. The second-order valence-electron chi connectivity index (χ2n) is 4.67. The fourth-order valence-corrected chi connectivity index (χ4v) is 1.57. The molecule has 0 aromatic carbocycles. The van der Waals surface area contributed by atoms with Crippen LogP contribution in [-0.2, 0) is 19.2 Å². The smallest absolute Gasteiger partial charge is 0.326 e. The van der Waals surface area contributed by atoms with Gasteiger partial charge < -0.3 is 26.8 Å². The number of nitrogens with two attached hydrogens (primary N) is 1. The molecule has 0 heterocycles. The summed E-state index contributed by atoms with van der Waals surface area (Å²) in [6, 6.07) is -1.10. The van der Waals surface area contributed by atoms with Crippen LogP contribution in [0.1, 0.15) is 19.3 Å². The molecule has 0 radical (unpaired) electrons. The number of hydrogen-bond acceptors (Lipinski definition) is 6. The number of hydrogen-bond donors (Lipinski definition) is 5. The topological polar surface area (TPSA) is 199 Å². The summed E-state index contributed by atoms with van der Waals surface area (Å²) in [5, 5.41) is 19.1. The average molecular weight is 343 g/mol. The zero-order valence-corrected chi connectivity index (χ0v) is 13.0. The third kappa shape index (κ3) is 10.8. The van der Waals surface area contributed by atoms with Crippen LogP contribution < -0.4 is 21.7 Å². The quantitative estimate of drug-likeness (QED) is 0.120. The van der Waals surface area contributed by atoms with E-state index in [0.29, 0.717) is 12.8 Å². The van der Waals surface area contributed by atoms with Crippen molar-refractivity contribution in [2.75, 3.05) is 26.2 Å². The van der Waals surface area contributed by atoms with E-state index >= 15 is 0 Å². The SMILES string of the molecule is [N-]=[N+]=NCCCC[C@H](NC(=O)CNC(=O)CNC(=O)CN)C(=O)O. The van der Waals surface area contributed by atoms with Gasteiger partial charge in [0.1, 0.15) is 6.04 Å². The van der Waals surface area contributed by atoms with Gasteiger partial charge in [-0.2, -0.15) is 0 Å². The van der Waals surface area contributed by atoms with Crippen LogP contribution in [-0.4, -0.2) is 61.0 Å². The van der Waals surface area contributed by atoms with Crippen LogP contribution in [0.5, 0.6) is 0 Å². The van der Waals surface area contributed by atoms with Gasteiger partial charge in [-0.1, -0.05) is 11.5 Å². The molecule has 1 atom stereocenters. The maximum atomic E-state index is 11.6. The normalized spacial score (nSPS) is 10.9. The molecule has 24 heavy (non-hydrogen) atoms. The highest BCUT2D eigenvalue weighted by Crippen LogP contribution is 2.02. The molecule has 6 N–H and O–H groups in total. The number of carboxylic acid groups (broad SMARTS) is 1. The number of rotatable bonds is 12. The highest BCUT2D eigenvalue weighted by molar-refractivity contribution is 5.90. The maximum Gasteiger partial charge on any atom is 0.326 e. The van der Waals surface area contributed by atoms with Crippen molar-refractivity contribution in [3.63, 3.8) is 0 Å². The van der Waals surface area contributed by atoms with Crippen molar-refractivity contribution >= 4 is 23.7 Å². The number of azide groups is 1. The number of nitrogens with one attached hydrogen (secondary N) is 3. The Labute approximate surface area is 137 Å². The van der Waals surface area contributed by atoms with Crippen LogP contribution in [0.2, 0.25) is 0 Å². The van der Waals surface area contributed by atoms with Gasteiger partial charge in [-0.05, 0) is 18.4 Å². The van der Waals surface area contributed by atoms with Gasteiger partial charge in [0, 0.05) is 11.5 Å². The first-order valence-corrected chi connectivity index (χ1v) is 7.17. The standard InChI is InChI=1S/C12H21N7O5/c13-5-9(20)15-6-10(21)16-7-11(22)18-8(12(23)24)3-1-2-4-17-19-14/h8H,1-7,13H2,(H,15,20)(H,16,21)(H,18,22)(H,23,24)/t8-/m0/s1. The van der Waals surface area contributed by atoms with E-state index in [0.717, 1.165) is 0 Å². The minimum absolute atomic E-state index is 0.169. The summed E-state index contributed by atoms with van der Waals surface area (Å²) in [5.41, 5.74) is 13.2. The lowest BCUT2D eigenvalue weighted by Crippen LogP contribution is -2.47. The molecule has 0 rings (SSSR count). The van der Waals surface area contributed by atoms with Crippen molar-refractivity contribution in [2.45, 2.75) is 25.3 Å². The summed E-state index contributed by atoms with van der Waals surface area (Å²) < 4.78 is 0. The number of unbranched alkanes of at least 4 members (excludes halogenated alkanes) is 1. The Morgan fingerprint density at radius 1 is 1.08 bits per heavy atom. The zero-order chi connectivity index (χ0) is 18.4. The molecule has 0 aromatic heterocycles.